The molecule has 87 heavy (non-hydrogen) atoms. The number of unbranched alkanes of at least 4 members (excludes halogenated alkanes) is 3. The van der Waals surface area contributed by atoms with Crippen molar-refractivity contribution in [3.63, 3.8) is 0 Å². The SMILES string of the molecule is CC(=O)N[C@@H](CCCCN)C(=O)N[C@@H](C)C(=O)N[C@@H](CCCN=C(N)N)C(=O)N[C@@H](CCCN=C(N)N)C(=O)N[C@@H](CCCN=C(N)N)C(=O)N[C@@H](CCCCN)C(=O)N[C@@H](CCCCN)C(=O)N[C@@H](CCCN=C(N)N)C(=O)N[C@H](C(N)=O)[C@@H](C)O. The number of nitrogens with two attached hydrogens (primary N) is 12. The maximum atomic E-state index is 14.6. The molecule has 0 aromatic rings. The first-order chi connectivity index (χ1) is 41.1. The second kappa shape index (κ2) is 45.0. The molecule has 10 atom stereocenters. The van der Waals surface area contributed by atoms with Gasteiger partial charge in [-0.25, -0.2) is 0 Å². The van der Waals surface area contributed by atoms with Gasteiger partial charge in [0.1, 0.15) is 54.4 Å². The highest BCUT2D eigenvalue weighted by Gasteiger charge is 2.35. The number of hydrogen-bond acceptors (Lipinski definition) is 18. The molecule has 0 saturated heterocycles. The van der Waals surface area contributed by atoms with Crippen molar-refractivity contribution in [3.05, 3.63) is 0 Å². The molecule has 10 amide bonds. The Bertz CT molecular complexity index is 2290. The summed E-state index contributed by atoms with van der Waals surface area (Å²) in [7, 11) is 0. The van der Waals surface area contributed by atoms with Crippen LogP contribution in [0.15, 0.2) is 20.0 Å². The summed E-state index contributed by atoms with van der Waals surface area (Å²) in [6.07, 6.45) is 1.22. The van der Waals surface area contributed by atoms with E-state index in [0.29, 0.717) is 38.6 Å². The van der Waals surface area contributed by atoms with Crippen molar-refractivity contribution in [1.82, 2.24) is 47.9 Å². The van der Waals surface area contributed by atoms with Crippen LogP contribution in [0.3, 0.4) is 0 Å². The fourth-order valence-electron chi connectivity index (χ4n) is 8.34. The first-order valence-electron chi connectivity index (χ1n) is 29.1. The maximum Gasteiger partial charge on any atom is 0.243 e. The summed E-state index contributed by atoms with van der Waals surface area (Å²) < 4.78 is 0. The lowest BCUT2D eigenvalue weighted by molar-refractivity contribution is -0.136. The molecule has 0 unspecified atom stereocenters. The molecule has 0 aliphatic rings. The van der Waals surface area contributed by atoms with Gasteiger partial charge in [-0.3, -0.25) is 67.9 Å². The van der Waals surface area contributed by atoms with Gasteiger partial charge in [0.2, 0.25) is 59.1 Å². The van der Waals surface area contributed by atoms with Crippen LogP contribution in [0.5, 0.6) is 0 Å². The van der Waals surface area contributed by atoms with Gasteiger partial charge < -0.3 is 122 Å². The Morgan fingerprint density at radius 3 is 0.793 bits per heavy atom. The zero-order valence-corrected chi connectivity index (χ0v) is 50.5. The van der Waals surface area contributed by atoms with Crippen molar-refractivity contribution in [2.75, 3.05) is 45.8 Å². The minimum absolute atomic E-state index is 0.00928. The second-order valence-corrected chi connectivity index (χ2v) is 20.6. The van der Waals surface area contributed by atoms with Crippen LogP contribution in [-0.4, -0.2) is 194 Å². The Hall–Kier alpha value is -8.38. The molecule has 36 heteroatoms. The number of carbonyl (C=O) groups is 10. The van der Waals surface area contributed by atoms with E-state index in [1.165, 1.54) is 20.8 Å². The zero-order chi connectivity index (χ0) is 66.0. The summed E-state index contributed by atoms with van der Waals surface area (Å²) in [4.78, 5) is 152. The number of rotatable bonds is 47. The molecule has 0 aliphatic heterocycles. The summed E-state index contributed by atoms with van der Waals surface area (Å²) in [6, 6.07) is -12.2. The van der Waals surface area contributed by atoms with Crippen LogP contribution in [0.25, 0.3) is 0 Å². The molecule has 0 rings (SSSR count). The van der Waals surface area contributed by atoms with Gasteiger partial charge in [0.25, 0.3) is 0 Å². The van der Waals surface area contributed by atoms with Crippen LogP contribution in [0.1, 0.15) is 130 Å². The van der Waals surface area contributed by atoms with Gasteiger partial charge in [-0.2, -0.15) is 0 Å². The lowest BCUT2D eigenvalue weighted by Crippen LogP contribution is -2.60. The molecule has 0 aliphatic carbocycles. The number of primary amides is 1. The molecular formula is C51H101N25O11. The Kier molecular flexibility index (Phi) is 40.7. The zero-order valence-electron chi connectivity index (χ0n) is 50.5. The van der Waals surface area contributed by atoms with E-state index in [-0.39, 0.29) is 140 Å². The van der Waals surface area contributed by atoms with Crippen LogP contribution in [0, 0.1) is 0 Å². The monoisotopic (exact) mass is 1240 g/mol. The third kappa shape index (κ3) is 36.3. The highest BCUT2D eigenvalue weighted by atomic mass is 16.3. The molecule has 0 heterocycles. The van der Waals surface area contributed by atoms with E-state index in [1.54, 1.807) is 0 Å². The lowest BCUT2D eigenvalue weighted by atomic mass is 10.0. The average Bonchev–Trinajstić information content (AvgIpc) is 2.78. The Balaban J connectivity index is 7.29. The summed E-state index contributed by atoms with van der Waals surface area (Å²) in [5, 5.41) is 33.5. The number of amides is 10. The predicted molar refractivity (Wildman–Crippen MR) is 328 cm³/mol. The quantitative estimate of drug-likeness (QED) is 0.0153. The highest BCUT2D eigenvalue weighted by molar-refractivity contribution is 5.98. The van der Waals surface area contributed by atoms with Gasteiger partial charge in [0.15, 0.2) is 23.8 Å². The van der Waals surface area contributed by atoms with E-state index in [0.717, 1.165) is 0 Å². The van der Waals surface area contributed by atoms with E-state index in [9.17, 15) is 53.1 Å². The van der Waals surface area contributed by atoms with Crippen molar-refractivity contribution in [1.29, 1.82) is 0 Å². The number of hydrogen-bond donors (Lipinski definition) is 22. The summed E-state index contributed by atoms with van der Waals surface area (Å²) >= 11 is 0. The van der Waals surface area contributed by atoms with E-state index < -0.39 is 120 Å². The summed E-state index contributed by atoms with van der Waals surface area (Å²) in [5.41, 5.74) is 66.8. The topological polar surface area (TPSA) is 661 Å². The molecule has 0 fully saturated rings. The van der Waals surface area contributed by atoms with Gasteiger partial charge in [-0.05, 0) is 143 Å². The average molecular weight is 1240 g/mol. The minimum atomic E-state index is -1.54. The number of aliphatic hydroxyl groups excluding tert-OH is 1. The van der Waals surface area contributed by atoms with E-state index in [4.69, 9.17) is 68.8 Å². The van der Waals surface area contributed by atoms with Crippen molar-refractivity contribution in [3.8, 4) is 0 Å². The first-order valence-corrected chi connectivity index (χ1v) is 29.1. The van der Waals surface area contributed by atoms with Gasteiger partial charge >= 0.3 is 0 Å². The number of nitrogens with zero attached hydrogens (tertiary/aromatic N) is 4. The third-order valence-corrected chi connectivity index (χ3v) is 13.0. The van der Waals surface area contributed by atoms with Crippen LogP contribution < -0.4 is 117 Å². The Morgan fingerprint density at radius 2 is 0.563 bits per heavy atom. The van der Waals surface area contributed by atoms with Gasteiger partial charge in [0, 0.05) is 33.1 Å². The standard InChI is InChI=1S/C51H101N25O11/c1-28(68-41(81)31(69-30(3)78)14-4-7-21-52)40(80)70-34(17-10-24-64-48(56)57)44(84)73-36(19-12-26-66-50(60)61)46(86)74-35(18-11-25-65-49(58)59)45(85)72-32(15-5-8-22-53)42(82)71-33(16-6-9-23-54)43(83)75-37(20-13-27-67-51(62)63)47(87)76-38(29(2)77)39(55)79/h28-29,31-38,77H,4-27,52-54H2,1-3H3,(H2,55,79)(H,68,81)(H,69,78)(H,70,80)(H,71,82)(H,72,85)(H,73,84)(H,74,86)(H,75,83)(H,76,87)(H4,56,57,64)(H4,58,59,65)(H4,60,61,66)(H4,62,63,67)/t28-,29+,31-,32-,33-,34-,35-,36-,37-,38-/m0/s1. The molecule has 0 bridgehead atoms. The minimum Gasteiger partial charge on any atom is -0.391 e. The number of nitrogens with one attached hydrogen (secondary N) is 9. The smallest absolute Gasteiger partial charge is 0.243 e. The predicted octanol–water partition coefficient (Wildman–Crippen LogP) is -9.14. The normalized spacial score (nSPS) is 14.3. The van der Waals surface area contributed by atoms with E-state index in [1.807, 2.05) is 0 Å². The van der Waals surface area contributed by atoms with Gasteiger partial charge in [0.05, 0.1) is 6.10 Å². The molecule has 34 N–H and O–H groups in total. The fourth-order valence-corrected chi connectivity index (χ4v) is 8.34. The van der Waals surface area contributed by atoms with Crippen molar-refractivity contribution in [2.45, 2.75) is 190 Å². The Labute approximate surface area is 507 Å². The number of aliphatic imine (C=N–C) groups is 4. The maximum absolute atomic E-state index is 14.6. The summed E-state index contributed by atoms with van der Waals surface area (Å²) in [5.74, 6) is -9.29. The van der Waals surface area contributed by atoms with Crippen molar-refractivity contribution in [2.24, 2.45) is 88.8 Å². The van der Waals surface area contributed by atoms with Crippen LogP contribution >= 0.6 is 0 Å². The largest absolute Gasteiger partial charge is 0.391 e. The fraction of sp³-hybridized carbons (Fsp3) is 0.725. The van der Waals surface area contributed by atoms with Crippen LogP contribution in [-0.2, 0) is 47.9 Å². The molecule has 496 valence electrons. The molecule has 0 radical (unpaired) electrons. The summed E-state index contributed by atoms with van der Waals surface area (Å²) in [6.45, 7) is 4.64. The van der Waals surface area contributed by atoms with E-state index >= 15 is 0 Å². The number of aliphatic hydroxyl groups is 1. The molecular weight excluding hydrogens is 1140 g/mol. The van der Waals surface area contributed by atoms with Crippen LogP contribution in [0.4, 0.5) is 0 Å². The second-order valence-electron chi connectivity index (χ2n) is 20.6. The lowest BCUT2D eigenvalue weighted by Gasteiger charge is -2.28. The molecule has 36 nitrogen and oxygen atoms in total. The first kappa shape index (κ1) is 78.6. The molecule has 0 aromatic heterocycles. The van der Waals surface area contributed by atoms with Crippen LogP contribution in [0.2, 0.25) is 0 Å². The van der Waals surface area contributed by atoms with Crippen molar-refractivity contribution >= 4 is 82.9 Å². The van der Waals surface area contributed by atoms with Gasteiger partial charge in [-0.1, -0.05) is 0 Å². The van der Waals surface area contributed by atoms with Gasteiger partial charge in [-0.15, -0.1) is 0 Å². The van der Waals surface area contributed by atoms with E-state index in [2.05, 4.69) is 67.8 Å². The third-order valence-electron chi connectivity index (χ3n) is 13.0. The number of guanidine groups is 4. The highest BCUT2D eigenvalue weighted by Crippen LogP contribution is 2.12. The molecule has 0 saturated carbocycles. The molecule has 0 spiro atoms. The molecule has 0 aromatic carbocycles. The van der Waals surface area contributed by atoms with Crippen molar-refractivity contribution < 1.29 is 53.1 Å². The number of carbonyl (C=O) groups excluding carboxylic acids is 10. The Morgan fingerprint density at radius 1 is 0.333 bits per heavy atom.